The van der Waals surface area contributed by atoms with Crippen LogP contribution in [-0.4, -0.2) is 48.7 Å². The van der Waals surface area contributed by atoms with Crippen molar-refractivity contribution < 1.29 is 49.4 Å². The number of amides is 2. The van der Waals surface area contributed by atoms with Crippen molar-refractivity contribution in [3.63, 3.8) is 0 Å². The monoisotopic (exact) mass is 669 g/mol. The molecule has 3 aromatic carbocycles. The Morgan fingerprint density at radius 2 is 1.49 bits per heavy atom. The number of likely N-dealkylation sites (tertiary alicyclic amines) is 1. The third-order valence-electron chi connectivity index (χ3n) is 8.56. The van der Waals surface area contributed by atoms with E-state index in [9.17, 15) is 44.7 Å². The van der Waals surface area contributed by atoms with Crippen LogP contribution in [0, 0.1) is 30.4 Å². The minimum Gasteiger partial charge on any atom is -0.382 e. The molecule has 2 N–H and O–H groups in total. The van der Waals surface area contributed by atoms with E-state index in [0.29, 0.717) is 29.9 Å². The van der Waals surface area contributed by atoms with E-state index in [2.05, 4.69) is 10.6 Å². The Bertz CT molecular complexity index is 1580. The number of piperidine rings is 1. The summed E-state index contributed by atoms with van der Waals surface area (Å²) in [6.07, 6.45) is -9.08. The first-order chi connectivity index (χ1) is 22.1. The Kier molecular flexibility index (Phi) is 9.81. The number of ether oxygens (including phenoxy) is 1. The molecule has 14 heteroatoms. The van der Waals surface area contributed by atoms with Gasteiger partial charge < -0.3 is 20.3 Å². The Hall–Kier alpha value is -4.20. The Morgan fingerprint density at radius 3 is 2.09 bits per heavy atom. The lowest BCUT2D eigenvalue weighted by Crippen LogP contribution is -2.52. The molecule has 6 nitrogen and oxygen atoms in total. The van der Waals surface area contributed by atoms with Crippen molar-refractivity contribution in [2.45, 2.75) is 50.6 Å². The molecule has 3 atom stereocenters. The van der Waals surface area contributed by atoms with E-state index in [1.807, 2.05) is 0 Å². The van der Waals surface area contributed by atoms with Crippen LogP contribution >= 0.6 is 0 Å². The van der Waals surface area contributed by atoms with Crippen molar-refractivity contribution in [3.8, 4) is 0 Å². The molecule has 0 spiro atoms. The summed E-state index contributed by atoms with van der Waals surface area (Å²) < 4.78 is 119. The van der Waals surface area contributed by atoms with Crippen LogP contribution in [0.1, 0.15) is 52.4 Å². The van der Waals surface area contributed by atoms with Crippen molar-refractivity contribution in [1.82, 2.24) is 4.90 Å². The molecule has 252 valence electrons. The minimum absolute atomic E-state index is 0.0913. The van der Waals surface area contributed by atoms with Crippen molar-refractivity contribution in [2.24, 2.45) is 11.8 Å². The van der Waals surface area contributed by atoms with Gasteiger partial charge in [-0.05, 0) is 73.7 Å². The molecule has 5 rings (SSSR count). The average molecular weight is 670 g/mol. The maximum absolute atomic E-state index is 14.8. The van der Waals surface area contributed by atoms with Gasteiger partial charge in [-0.15, -0.1) is 0 Å². The zero-order valence-corrected chi connectivity index (χ0v) is 25.0. The van der Waals surface area contributed by atoms with Crippen molar-refractivity contribution >= 4 is 23.2 Å². The topological polar surface area (TPSA) is 70.7 Å². The first-order valence-corrected chi connectivity index (χ1v) is 14.9. The average Bonchev–Trinajstić information content (AvgIpc) is 3.01. The van der Waals surface area contributed by atoms with Gasteiger partial charge in [0.15, 0.2) is 0 Å². The highest BCUT2D eigenvalue weighted by Crippen LogP contribution is 2.45. The highest BCUT2D eigenvalue weighted by molar-refractivity contribution is 5.97. The molecule has 0 unspecified atom stereocenters. The normalized spacial score (nSPS) is 21.0. The van der Waals surface area contributed by atoms with Gasteiger partial charge in [-0.1, -0.05) is 24.3 Å². The number of alkyl halides is 6. The summed E-state index contributed by atoms with van der Waals surface area (Å²) in [6.45, 7) is 1.31. The summed E-state index contributed by atoms with van der Waals surface area (Å²) in [5.41, 5.74) is -1.78. The maximum atomic E-state index is 14.8. The summed E-state index contributed by atoms with van der Waals surface area (Å²) in [5, 5.41) is 5.62. The summed E-state index contributed by atoms with van der Waals surface area (Å²) in [4.78, 5) is 28.1. The molecule has 0 aliphatic carbocycles. The molecule has 3 aromatic rings. The molecular weight excluding hydrogens is 638 g/mol. The van der Waals surface area contributed by atoms with Gasteiger partial charge in [-0.3, -0.25) is 9.59 Å². The van der Waals surface area contributed by atoms with Crippen LogP contribution in [0.15, 0.2) is 60.7 Å². The molecule has 0 aromatic heterocycles. The summed E-state index contributed by atoms with van der Waals surface area (Å²) in [7, 11) is 0. The fourth-order valence-corrected chi connectivity index (χ4v) is 6.13. The second-order valence-electron chi connectivity index (χ2n) is 11.7. The first-order valence-electron chi connectivity index (χ1n) is 14.9. The lowest BCUT2D eigenvalue weighted by molar-refractivity contribution is -0.193. The number of hydrogen-bond acceptors (Lipinski definition) is 4. The summed E-state index contributed by atoms with van der Waals surface area (Å²) in [5.74, 6) is -9.09. The first kappa shape index (κ1) is 34.1. The molecule has 0 bridgehead atoms. The standard InChI is InChI=1S/C33H31F8N3O3/c1-18-5-8-23(16-25(18)33(39,40)41)43-30(45)24-15-20(32(36,37)38)17-44(31(46)28-26(34)3-2-4-27(28)35)29(24)19-6-9-21(10-7-19)42-22-11-13-47-14-12-22/h2-10,16,20,22,24,29,42H,11-15,17H2,1H3,(H,43,45)/t20-,24+,29+/m1/s1. The highest BCUT2D eigenvalue weighted by atomic mass is 19.4. The molecule has 2 saturated heterocycles. The fraction of sp³-hybridized carbons (Fsp3) is 0.394. The Labute approximate surface area is 265 Å². The molecule has 2 fully saturated rings. The SMILES string of the molecule is Cc1ccc(NC(=O)[C@H]2C[C@@H](C(F)(F)F)CN(C(=O)c3c(F)cccc3F)[C@H]2c2ccc(NC3CCOCC3)cc2)cc1C(F)(F)F. The number of carbonyl (C=O) groups excluding carboxylic acids is 2. The van der Waals surface area contributed by atoms with Crippen LogP contribution in [-0.2, 0) is 15.7 Å². The van der Waals surface area contributed by atoms with Gasteiger partial charge in [0.05, 0.1) is 23.4 Å². The number of anilines is 2. The Balaban J connectivity index is 1.56. The van der Waals surface area contributed by atoms with Crippen molar-refractivity contribution in [2.75, 3.05) is 30.4 Å². The predicted molar refractivity (Wildman–Crippen MR) is 157 cm³/mol. The molecule has 0 saturated carbocycles. The molecule has 2 amide bonds. The number of nitrogens with zero attached hydrogens (tertiary/aromatic N) is 1. The van der Waals surface area contributed by atoms with Gasteiger partial charge >= 0.3 is 12.4 Å². The van der Waals surface area contributed by atoms with E-state index in [-0.39, 0.29) is 22.9 Å². The highest BCUT2D eigenvalue weighted by Gasteiger charge is 2.52. The van der Waals surface area contributed by atoms with E-state index in [1.165, 1.54) is 25.1 Å². The second kappa shape index (κ2) is 13.5. The third kappa shape index (κ3) is 7.69. The molecule has 47 heavy (non-hydrogen) atoms. The number of benzene rings is 3. The van der Waals surface area contributed by atoms with E-state index in [1.54, 1.807) is 12.1 Å². The minimum atomic E-state index is -4.93. The zero-order valence-electron chi connectivity index (χ0n) is 25.0. The number of carbonyl (C=O) groups is 2. The van der Waals surface area contributed by atoms with Gasteiger partial charge in [-0.2, -0.15) is 26.3 Å². The van der Waals surface area contributed by atoms with E-state index >= 15 is 0 Å². The molecule has 0 radical (unpaired) electrons. The zero-order chi connectivity index (χ0) is 34.1. The molecule has 2 aliphatic heterocycles. The van der Waals surface area contributed by atoms with Crippen LogP contribution in [0.5, 0.6) is 0 Å². The van der Waals surface area contributed by atoms with Gasteiger partial charge in [0.1, 0.15) is 17.2 Å². The van der Waals surface area contributed by atoms with Crippen LogP contribution < -0.4 is 10.6 Å². The van der Waals surface area contributed by atoms with Gasteiger partial charge in [0, 0.05) is 37.2 Å². The van der Waals surface area contributed by atoms with Gasteiger partial charge in [0.2, 0.25) is 5.91 Å². The smallest absolute Gasteiger partial charge is 0.382 e. The summed E-state index contributed by atoms with van der Waals surface area (Å²) in [6, 6.07) is 10.3. The quantitative estimate of drug-likeness (QED) is 0.262. The molecular formula is C33H31F8N3O3. The third-order valence-corrected chi connectivity index (χ3v) is 8.56. The van der Waals surface area contributed by atoms with Crippen LogP contribution in [0.3, 0.4) is 0 Å². The van der Waals surface area contributed by atoms with E-state index in [0.717, 1.165) is 37.1 Å². The molecule has 2 aliphatic rings. The van der Waals surface area contributed by atoms with Crippen molar-refractivity contribution in [3.05, 3.63) is 94.6 Å². The van der Waals surface area contributed by atoms with Crippen LogP contribution in [0.2, 0.25) is 0 Å². The second-order valence-corrected chi connectivity index (χ2v) is 11.7. The van der Waals surface area contributed by atoms with Crippen molar-refractivity contribution in [1.29, 1.82) is 0 Å². The number of hydrogen-bond donors (Lipinski definition) is 2. The van der Waals surface area contributed by atoms with E-state index in [4.69, 9.17) is 4.74 Å². The van der Waals surface area contributed by atoms with Gasteiger partial charge in [-0.25, -0.2) is 8.78 Å². The number of halogens is 8. The molecule has 2 heterocycles. The largest absolute Gasteiger partial charge is 0.416 e. The Morgan fingerprint density at radius 1 is 0.872 bits per heavy atom. The number of rotatable bonds is 6. The predicted octanol–water partition coefficient (Wildman–Crippen LogP) is 7.90. The number of aryl methyl sites for hydroxylation is 1. The van der Waals surface area contributed by atoms with Gasteiger partial charge in [0.25, 0.3) is 5.91 Å². The van der Waals surface area contributed by atoms with Crippen LogP contribution in [0.4, 0.5) is 46.5 Å². The number of nitrogens with one attached hydrogen (secondary N) is 2. The lowest BCUT2D eigenvalue weighted by Gasteiger charge is -2.45. The summed E-state index contributed by atoms with van der Waals surface area (Å²) >= 11 is 0. The fourth-order valence-electron chi connectivity index (χ4n) is 6.13. The maximum Gasteiger partial charge on any atom is 0.416 e. The lowest BCUT2D eigenvalue weighted by atomic mass is 9.78. The van der Waals surface area contributed by atoms with Crippen LogP contribution in [0.25, 0.3) is 0 Å². The van der Waals surface area contributed by atoms with E-state index < -0.39 is 77.8 Å².